The molecule has 0 fully saturated rings. The van der Waals surface area contributed by atoms with Crippen LogP contribution < -0.4 is 10.1 Å². The predicted molar refractivity (Wildman–Crippen MR) is 73.8 cm³/mol. The number of ether oxygens (including phenoxy) is 2. The van der Waals surface area contributed by atoms with Gasteiger partial charge in [0, 0.05) is 30.5 Å². The fourth-order valence-corrected chi connectivity index (χ4v) is 1.65. The van der Waals surface area contributed by atoms with Crippen molar-refractivity contribution in [1.82, 2.24) is 0 Å². The molecule has 6 nitrogen and oxygen atoms in total. The highest BCUT2D eigenvalue weighted by molar-refractivity contribution is 5.58. The van der Waals surface area contributed by atoms with Crippen LogP contribution >= 0.6 is 0 Å². The molecule has 1 aromatic carbocycles. The third kappa shape index (κ3) is 4.75. The quantitative estimate of drug-likeness (QED) is 0.579. The first-order chi connectivity index (χ1) is 9.08. The van der Waals surface area contributed by atoms with Crippen molar-refractivity contribution in [3.63, 3.8) is 0 Å². The Hall–Kier alpha value is -1.82. The van der Waals surface area contributed by atoms with Crippen LogP contribution in [0.1, 0.15) is 20.8 Å². The lowest BCUT2D eigenvalue weighted by Crippen LogP contribution is -2.21. The number of hydrogen-bond donors (Lipinski definition) is 1. The average Bonchev–Trinajstić information content (AvgIpc) is 2.36. The van der Waals surface area contributed by atoms with Gasteiger partial charge in [-0.15, -0.1) is 0 Å². The van der Waals surface area contributed by atoms with Crippen LogP contribution in [0.25, 0.3) is 0 Å². The van der Waals surface area contributed by atoms with Gasteiger partial charge >= 0.3 is 5.69 Å². The highest BCUT2D eigenvalue weighted by atomic mass is 16.6. The molecule has 106 valence electrons. The van der Waals surface area contributed by atoms with Crippen molar-refractivity contribution in [2.75, 3.05) is 25.1 Å². The van der Waals surface area contributed by atoms with Gasteiger partial charge in [0.15, 0.2) is 5.75 Å². The minimum absolute atomic E-state index is 0.0233. The molecule has 1 atom stereocenters. The predicted octanol–water partition coefficient (Wildman–Crippen LogP) is 2.83. The molecule has 0 spiro atoms. The monoisotopic (exact) mass is 268 g/mol. The van der Waals surface area contributed by atoms with Gasteiger partial charge in [-0.2, -0.15) is 0 Å². The fraction of sp³-hybridized carbons (Fsp3) is 0.538. The zero-order valence-electron chi connectivity index (χ0n) is 11.5. The molecule has 1 N–H and O–H groups in total. The maximum atomic E-state index is 10.9. The number of hydrogen-bond acceptors (Lipinski definition) is 5. The second-order valence-electron chi connectivity index (χ2n) is 4.08. The Bertz CT molecular complexity index is 423. The molecule has 0 aliphatic carbocycles. The number of benzene rings is 1. The Morgan fingerprint density at radius 2 is 2.11 bits per heavy atom. The molecule has 0 bridgehead atoms. The molecule has 6 heteroatoms. The Morgan fingerprint density at radius 3 is 2.68 bits per heavy atom. The van der Waals surface area contributed by atoms with Crippen molar-refractivity contribution in [2.45, 2.75) is 26.8 Å². The van der Waals surface area contributed by atoms with E-state index in [1.54, 1.807) is 19.1 Å². The first-order valence-electron chi connectivity index (χ1n) is 6.34. The van der Waals surface area contributed by atoms with Crippen LogP contribution in [0, 0.1) is 10.1 Å². The van der Waals surface area contributed by atoms with Crippen molar-refractivity contribution in [2.24, 2.45) is 0 Å². The molecule has 1 rings (SSSR count). The molecule has 0 amide bonds. The fourth-order valence-electron chi connectivity index (χ4n) is 1.65. The summed E-state index contributed by atoms with van der Waals surface area (Å²) in [5.41, 5.74) is 0.756. The minimum Gasteiger partial charge on any atom is -0.487 e. The van der Waals surface area contributed by atoms with Gasteiger partial charge in [0.25, 0.3) is 0 Å². The van der Waals surface area contributed by atoms with Gasteiger partial charge in [0.05, 0.1) is 18.1 Å². The first kappa shape index (κ1) is 15.2. The third-order valence-electron chi connectivity index (χ3n) is 2.44. The summed E-state index contributed by atoms with van der Waals surface area (Å²) in [6.07, 6.45) is 0. The highest BCUT2D eigenvalue weighted by Crippen LogP contribution is 2.30. The molecule has 0 saturated heterocycles. The largest absolute Gasteiger partial charge is 0.487 e. The van der Waals surface area contributed by atoms with E-state index in [0.29, 0.717) is 19.8 Å². The second kappa shape index (κ2) is 7.58. The van der Waals surface area contributed by atoms with Gasteiger partial charge in [-0.25, -0.2) is 0 Å². The van der Waals surface area contributed by atoms with Crippen LogP contribution in [0.15, 0.2) is 18.2 Å². The van der Waals surface area contributed by atoms with E-state index in [1.807, 2.05) is 13.8 Å². The zero-order chi connectivity index (χ0) is 14.3. The molecule has 0 heterocycles. The van der Waals surface area contributed by atoms with Crippen LogP contribution in [0.2, 0.25) is 0 Å². The Morgan fingerprint density at radius 1 is 1.37 bits per heavy atom. The lowest BCUT2D eigenvalue weighted by Gasteiger charge is -2.15. The highest BCUT2D eigenvalue weighted by Gasteiger charge is 2.15. The molecule has 0 radical (unpaired) electrons. The van der Waals surface area contributed by atoms with E-state index in [-0.39, 0.29) is 17.5 Å². The van der Waals surface area contributed by atoms with Gasteiger partial charge in [-0.1, -0.05) is 0 Å². The van der Waals surface area contributed by atoms with E-state index in [4.69, 9.17) is 9.47 Å². The molecular weight excluding hydrogens is 248 g/mol. The van der Waals surface area contributed by atoms with E-state index in [0.717, 1.165) is 5.69 Å². The topological polar surface area (TPSA) is 73.6 Å². The van der Waals surface area contributed by atoms with Gasteiger partial charge in [0.1, 0.15) is 0 Å². The lowest BCUT2D eigenvalue weighted by molar-refractivity contribution is -0.385. The summed E-state index contributed by atoms with van der Waals surface area (Å²) in [5.74, 6) is 0.279. The molecule has 0 saturated carbocycles. The second-order valence-corrected chi connectivity index (χ2v) is 4.08. The number of nitro groups is 1. The van der Waals surface area contributed by atoms with Crippen LogP contribution in [-0.2, 0) is 4.74 Å². The normalized spacial score (nSPS) is 11.9. The van der Waals surface area contributed by atoms with Crippen molar-refractivity contribution in [1.29, 1.82) is 0 Å². The van der Waals surface area contributed by atoms with Crippen LogP contribution in [0.5, 0.6) is 5.75 Å². The summed E-state index contributed by atoms with van der Waals surface area (Å²) in [6, 6.07) is 4.88. The molecule has 0 aromatic heterocycles. The molecule has 0 aliphatic rings. The van der Waals surface area contributed by atoms with Crippen molar-refractivity contribution in [3.8, 4) is 5.75 Å². The molecule has 1 aromatic rings. The number of nitrogens with zero attached hydrogens (tertiary/aromatic N) is 1. The number of nitro benzene ring substituents is 1. The van der Waals surface area contributed by atoms with E-state index < -0.39 is 4.92 Å². The van der Waals surface area contributed by atoms with Crippen molar-refractivity contribution < 1.29 is 14.4 Å². The third-order valence-corrected chi connectivity index (χ3v) is 2.44. The number of anilines is 1. The summed E-state index contributed by atoms with van der Waals surface area (Å²) < 4.78 is 10.6. The van der Waals surface area contributed by atoms with Crippen molar-refractivity contribution >= 4 is 11.4 Å². The first-order valence-corrected chi connectivity index (χ1v) is 6.34. The molecular formula is C13H20N2O4. The molecule has 1 unspecified atom stereocenters. The van der Waals surface area contributed by atoms with Gasteiger partial charge in [0.2, 0.25) is 0 Å². The lowest BCUT2D eigenvalue weighted by atomic mass is 10.2. The van der Waals surface area contributed by atoms with E-state index in [9.17, 15) is 10.1 Å². The zero-order valence-corrected chi connectivity index (χ0v) is 11.5. The summed E-state index contributed by atoms with van der Waals surface area (Å²) in [6.45, 7) is 7.34. The Balaban J connectivity index is 2.80. The minimum atomic E-state index is -0.446. The summed E-state index contributed by atoms with van der Waals surface area (Å²) >= 11 is 0. The van der Waals surface area contributed by atoms with E-state index >= 15 is 0 Å². The number of rotatable bonds is 8. The maximum absolute atomic E-state index is 10.9. The number of nitrogens with one attached hydrogen (secondary N) is 1. The molecule has 0 aliphatic heterocycles. The van der Waals surface area contributed by atoms with Crippen LogP contribution in [-0.4, -0.2) is 30.8 Å². The summed E-state index contributed by atoms with van der Waals surface area (Å²) in [7, 11) is 0. The van der Waals surface area contributed by atoms with E-state index in [2.05, 4.69) is 5.32 Å². The smallest absolute Gasteiger partial charge is 0.311 e. The van der Waals surface area contributed by atoms with Crippen LogP contribution in [0.4, 0.5) is 11.4 Å². The summed E-state index contributed by atoms with van der Waals surface area (Å²) in [4.78, 5) is 10.4. The van der Waals surface area contributed by atoms with Crippen molar-refractivity contribution in [3.05, 3.63) is 28.3 Å². The average molecular weight is 268 g/mol. The maximum Gasteiger partial charge on any atom is 0.311 e. The Labute approximate surface area is 112 Å². The van der Waals surface area contributed by atoms with Gasteiger partial charge < -0.3 is 14.8 Å². The van der Waals surface area contributed by atoms with Crippen LogP contribution in [0.3, 0.4) is 0 Å². The SMILES string of the molecule is CCOCC(C)Nc1ccc([N+](=O)[O-])c(OCC)c1. The van der Waals surface area contributed by atoms with Gasteiger partial charge in [-0.05, 0) is 26.8 Å². The molecule has 19 heavy (non-hydrogen) atoms. The van der Waals surface area contributed by atoms with E-state index in [1.165, 1.54) is 6.07 Å². The standard InChI is InChI=1S/C13H20N2O4/c1-4-18-9-10(3)14-11-6-7-12(15(16)17)13(8-11)19-5-2/h6-8,10,14H,4-5,9H2,1-3H3. The van der Waals surface area contributed by atoms with Gasteiger partial charge in [-0.3, -0.25) is 10.1 Å². The summed E-state index contributed by atoms with van der Waals surface area (Å²) in [5, 5.41) is 14.1. The Kier molecular flexibility index (Phi) is 6.08.